The molecule has 1 unspecified atom stereocenters. The number of likely N-dealkylation sites (tertiary alicyclic amines) is 2. The number of hydrogen-bond donors (Lipinski definition) is 3. The number of halogens is 2. The predicted molar refractivity (Wildman–Crippen MR) is 197 cm³/mol. The van der Waals surface area contributed by atoms with Crippen LogP contribution in [-0.2, 0) is 11.2 Å². The molecule has 0 aliphatic carbocycles. The van der Waals surface area contributed by atoms with E-state index in [1.165, 1.54) is 0 Å². The van der Waals surface area contributed by atoms with E-state index in [1.54, 1.807) is 21.9 Å². The summed E-state index contributed by atoms with van der Waals surface area (Å²) in [5, 5.41) is 6.00. The normalized spacial score (nSPS) is 20.7. The Labute approximate surface area is 304 Å². The second kappa shape index (κ2) is 15.8. The van der Waals surface area contributed by atoms with Crippen molar-refractivity contribution in [2.24, 2.45) is 0 Å². The number of rotatable bonds is 7. The molecule has 264 valence electrons. The third-order valence-corrected chi connectivity index (χ3v) is 11.9. The maximum atomic E-state index is 14.1. The van der Waals surface area contributed by atoms with Crippen molar-refractivity contribution in [3.8, 4) is 0 Å². The van der Waals surface area contributed by atoms with Gasteiger partial charge in [-0.25, -0.2) is 9.59 Å². The molecule has 6 rings (SSSR count). The van der Waals surface area contributed by atoms with Crippen LogP contribution in [0.3, 0.4) is 0 Å². The number of hydrogen-bond acceptors (Lipinski definition) is 7. The molecule has 12 nitrogen and oxygen atoms in total. The van der Waals surface area contributed by atoms with Gasteiger partial charge < -0.3 is 36.0 Å². The number of nitrogens with one attached hydrogen (secondary N) is 2. The summed E-state index contributed by atoms with van der Waals surface area (Å²) in [5.74, 6) is -0.557. The van der Waals surface area contributed by atoms with E-state index >= 15 is 0 Å². The van der Waals surface area contributed by atoms with Crippen molar-refractivity contribution >= 4 is 67.0 Å². The van der Waals surface area contributed by atoms with Gasteiger partial charge in [-0.1, -0.05) is 18.2 Å². The number of benzene rings is 2. The number of carbonyl (C=O) groups excluding carboxylic acids is 4. The van der Waals surface area contributed by atoms with Crippen molar-refractivity contribution < 1.29 is 19.2 Å². The highest BCUT2D eigenvalue weighted by Gasteiger charge is 2.36. The number of likely N-dealkylation sites (N-methyl/N-ethyl adjacent to an activating group) is 1. The van der Waals surface area contributed by atoms with Crippen LogP contribution >= 0.6 is 31.9 Å². The molecule has 0 spiro atoms. The summed E-state index contributed by atoms with van der Waals surface area (Å²) in [6.07, 6.45) is 3.56. The summed E-state index contributed by atoms with van der Waals surface area (Å²) in [6, 6.07) is 10.1. The third-order valence-electron chi connectivity index (χ3n) is 10.6. The van der Waals surface area contributed by atoms with Crippen LogP contribution in [0.5, 0.6) is 0 Å². The number of carbonyl (C=O) groups is 4. The van der Waals surface area contributed by atoms with E-state index in [1.807, 2.05) is 29.2 Å². The lowest BCUT2D eigenvalue weighted by molar-refractivity contribution is -0.134. The number of nitrogen functional groups attached to an aromatic ring is 1. The van der Waals surface area contributed by atoms with Gasteiger partial charge in [0.05, 0.1) is 5.69 Å². The Balaban J connectivity index is 1.10. The number of Topliss-reactive ketones (excluding diaryl/α,β-unsaturated/α-hetero) is 1. The predicted octanol–water partition coefficient (Wildman–Crippen LogP) is 4.24. The van der Waals surface area contributed by atoms with Crippen LogP contribution in [0.2, 0.25) is 0 Å². The highest BCUT2D eigenvalue weighted by Crippen LogP contribution is 2.31. The maximum absolute atomic E-state index is 14.1. The molecule has 49 heavy (non-hydrogen) atoms. The topological polar surface area (TPSA) is 135 Å². The highest BCUT2D eigenvalue weighted by atomic mass is 79.9. The standard InChI is InChI=1S/C35H46Br2N8O4/c1-41-16-18-42(19-17-41)25-7-13-44(14-8-25)34(48)40-30(22-31(46)24-20-27(36)32(38)28(37)21-24)33(47)43-11-9-26(10-12-43)45-15-6-23-4-2-3-5-29(23)39-35(45)49/h2-5,20-21,25-26,30H,6-19,22,38H2,1H3,(H,39,49)(H,40,48). The van der Waals surface area contributed by atoms with E-state index in [-0.39, 0.29) is 36.2 Å². The van der Waals surface area contributed by atoms with E-state index in [4.69, 9.17) is 5.73 Å². The highest BCUT2D eigenvalue weighted by molar-refractivity contribution is 9.11. The fraction of sp³-hybridized carbons (Fsp3) is 0.543. The summed E-state index contributed by atoms with van der Waals surface area (Å²) < 4.78 is 1.14. The van der Waals surface area contributed by atoms with Crippen LogP contribution in [0.1, 0.15) is 48.0 Å². The van der Waals surface area contributed by atoms with Gasteiger partial charge in [-0.3, -0.25) is 14.5 Å². The fourth-order valence-electron chi connectivity index (χ4n) is 7.47. The van der Waals surface area contributed by atoms with Gasteiger partial charge in [0, 0.05) is 97.6 Å². The number of para-hydroxylation sites is 1. The molecule has 0 bridgehead atoms. The number of amides is 5. The number of nitrogens with two attached hydrogens (primary N) is 1. The lowest BCUT2D eigenvalue weighted by atomic mass is 9.99. The Morgan fingerprint density at radius 1 is 0.878 bits per heavy atom. The third kappa shape index (κ3) is 8.41. The van der Waals surface area contributed by atoms with Crippen molar-refractivity contribution in [1.29, 1.82) is 0 Å². The van der Waals surface area contributed by atoms with Gasteiger partial charge in [0.25, 0.3) is 0 Å². The zero-order valence-corrected chi connectivity index (χ0v) is 31.2. The molecule has 3 saturated heterocycles. The van der Waals surface area contributed by atoms with E-state index < -0.39 is 6.04 Å². The molecule has 0 saturated carbocycles. The number of piperazine rings is 1. The van der Waals surface area contributed by atoms with Gasteiger partial charge >= 0.3 is 12.1 Å². The number of ketones is 1. The van der Waals surface area contributed by atoms with Crippen LogP contribution in [0.25, 0.3) is 0 Å². The maximum Gasteiger partial charge on any atom is 0.322 e. The number of nitrogens with zero attached hydrogens (tertiary/aromatic N) is 5. The Morgan fingerprint density at radius 3 is 2.16 bits per heavy atom. The van der Waals surface area contributed by atoms with Crippen molar-refractivity contribution in [2.45, 2.75) is 56.7 Å². The largest absolute Gasteiger partial charge is 0.397 e. The quantitative estimate of drug-likeness (QED) is 0.282. The smallest absolute Gasteiger partial charge is 0.322 e. The van der Waals surface area contributed by atoms with Crippen molar-refractivity contribution in [2.75, 3.05) is 77.0 Å². The Hall–Kier alpha value is -3.20. The van der Waals surface area contributed by atoms with Gasteiger partial charge in [0.1, 0.15) is 6.04 Å². The molecular formula is C35H46Br2N8O4. The van der Waals surface area contributed by atoms with Crippen molar-refractivity contribution in [3.05, 3.63) is 56.5 Å². The number of urea groups is 2. The number of piperidine rings is 2. The first-order valence-corrected chi connectivity index (χ1v) is 18.9. The molecular weight excluding hydrogens is 756 g/mol. The average Bonchev–Trinajstić information content (AvgIpc) is 3.28. The molecule has 3 fully saturated rings. The number of fused-ring (bicyclic) bond motifs is 1. The van der Waals surface area contributed by atoms with Crippen LogP contribution in [-0.4, -0.2) is 132 Å². The van der Waals surface area contributed by atoms with Crippen LogP contribution in [0, 0.1) is 0 Å². The first-order chi connectivity index (χ1) is 23.6. The summed E-state index contributed by atoms with van der Waals surface area (Å²) in [6.45, 7) is 6.84. The molecule has 5 amide bonds. The van der Waals surface area contributed by atoms with E-state index in [0.29, 0.717) is 71.8 Å². The second-order valence-electron chi connectivity index (χ2n) is 13.6. The van der Waals surface area contributed by atoms with Gasteiger partial charge in [-0.15, -0.1) is 0 Å². The zero-order valence-electron chi connectivity index (χ0n) is 28.0. The SMILES string of the molecule is CN1CCN(C2CCN(C(=O)NC(CC(=O)c3cc(Br)c(N)c(Br)c3)C(=O)N3CCC(N4CCc5ccccc5NC4=O)CC3)CC2)CC1. The molecule has 14 heteroatoms. The second-order valence-corrected chi connectivity index (χ2v) is 15.3. The lowest BCUT2D eigenvalue weighted by Crippen LogP contribution is -2.58. The molecule has 4 aliphatic rings. The Morgan fingerprint density at radius 2 is 1.49 bits per heavy atom. The molecule has 1 atom stereocenters. The Bertz CT molecular complexity index is 1530. The van der Waals surface area contributed by atoms with Crippen LogP contribution in [0.4, 0.5) is 21.0 Å². The molecule has 2 aromatic carbocycles. The molecule has 2 aromatic rings. The zero-order chi connectivity index (χ0) is 34.7. The first kappa shape index (κ1) is 35.6. The van der Waals surface area contributed by atoms with Crippen LogP contribution in [0.15, 0.2) is 45.3 Å². The van der Waals surface area contributed by atoms with Gasteiger partial charge in [0.2, 0.25) is 5.91 Å². The monoisotopic (exact) mass is 800 g/mol. The van der Waals surface area contributed by atoms with E-state index in [9.17, 15) is 19.2 Å². The average molecular weight is 803 g/mol. The molecule has 4 heterocycles. The lowest BCUT2D eigenvalue weighted by Gasteiger charge is -2.42. The molecule has 4 N–H and O–H groups in total. The van der Waals surface area contributed by atoms with Crippen molar-refractivity contribution in [3.63, 3.8) is 0 Å². The summed E-state index contributed by atoms with van der Waals surface area (Å²) in [5.41, 5.74) is 8.87. The van der Waals surface area contributed by atoms with Gasteiger partial charge in [0.15, 0.2) is 5.78 Å². The first-order valence-electron chi connectivity index (χ1n) is 17.3. The fourth-order valence-corrected chi connectivity index (χ4v) is 8.65. The summed E-state index contributed by atoms with van der Waals surface area (Å²) >= 11 is 6.82. The molecule has 0 radical (unpaired) electrons. The molecule has 4 aliphatic heterocycles. The van der Waals surface area contributed by atoms with Gasteiger partial charge in [-0.05, 0) is 94.8 Å². The molecule has 0 aromatic heterocycles. The summed E-state index contributed by atoms with van der Waals surface area (Å²) in [4.78, 5) is 64.7. The minimum atomic E-state index is -1.03. The van der Waals surface area contributed by atoms with Gasteiger partial charge in [-0.2, -0.15) is 0 Å². The van der Waals surface area contributed by atoms with E-state index in [0.717, 1.165) is 56.7 Å². The Kier molecular flexibility index (Phi) is 11.5. The van der Waals surface area contributed by atoms with Crippen LogP contribution < -0.4 is 16.4 Å². The summed E-state index contributed by atoms with van der Waals surface area (Å²) in [7, 11) is 2.15. The van der Waals surface area contributed by atoms with E-state index in [2.05, 4.69) is 59.3 Å². The van der Waals surface area contributed by atoms with Crippen molar-refractivity contribution in [1.82, 2.24) is 29.8 Å². The minimum Gasteiger partial charge on any atom is -0.397 e. The number of anilines is 2. The minimum absolute atomic E-state index is 0.0147.